The van der Waals surface area contributed by atoms with Crippen LogP contribution in [0.25, 0.3) is 0 Å². The van der Waals surface area contributed by atoms with Crippen molar-refractivity contribution in [3.63, 3.8) is 0 Å². The maximum Gasteiger partial charge on any atom is 0.244 e. The highest BCUT2D eigenvalue weighted by Crippen LogP contribution is 2.08. The Labute approximate surface area is 115 Å². The highest BCUT2D eigenvalue weighted by Gasteiger charge is 2.21. The van der Waals surface area contributed by atoms with Crippen molar-refractivity contribution in [3.8, 4) is 0 Å². The van der Waals surface area contributed by atoms with Gasteiger partial charge >= 0.3 is 0 Å². The van der Waals surface area contributed by atoms with Crippen LogP contribution in [0.1, 0.15) is 32.6 Å². The third kappa shape index (κ3) is 4.35. The van der Waals surface area contributed by atoms with Crippen molar-refractivity contribution in [3.05, 3.63) is 18.5 Å². The fourth-order valence-electron chi connectivity index (χ4n) is 2.48. The lowest BCUT2D eigenvalue weighted by Crippen LogP contribution is -2.43. The largest absolute Gasteiger partial charge is 0.340 e. The molecule has 5 nitrogen and oxygen atoms in total. The molecule has 2 rings (SSSR count). The monoisotopic (exact) mass is 264 g/mol. The van der Waals surface area contributed by atoms with Gasteiger partial charge < -0.3 is 10.2 Å². The maximum absolute atomic E-state index is 12.3. The van der Waals surface area contributed by atoms with Crippen LogP contribution in [0.15, 0.2) is 18.5 Å². The van der Waals surface area contributed by atoms with Gasteiger partial charge in [0.05, 0.1) is 0 Å². The topological polar surface area (TPSA) is 50.2 Å². The van der Waals surface area contributed by atoms with Crippen LogP contribution >= 0.6 is 0 Å². The summed E-state index contributed by atoms with van der Waals surface area (Å²) in [4.78, 5) is 14.3. The molecule has 1 aromatic rings. The summed E-state index contributed by atoms with van der Waals surface area (Å²) in [7, 11) is 0. The SMILES string of the molecule is CCCCN(CC1CCCN1)C(=O)Cn1cccn1. The van der Waals surface area contributed by atoms with E-state index < -0.39 is 0 Å². The summed E-state index contributed by atoms with van der Waals surface area (Å²) in [6.45, 7) is 5.28. The first-order chi connectivity index (χ1) is 9.29. The highest BCUT2D eigenvalue weighted by atomic mass is 16.2. The predicted octanol–water partition coefficient (Wildman–Crippen LogP) is 1.26. The first-order valence-corrected chi connectivity index (χ1v) is 7.28. The van der Waals surface area contributed by atoms with Crippen molar-refractivity contribution in [2.45, 2.75) is 45.2 Å². The van der Waals surface area contributed by atoms with Crippen molar-refractivity contribution < 1.29 is 4.79 Å². The first kappa shape index (κ1) is 14.1. The van der Waals surface area contributed by atoms with Gasteiger partial charge in [-0.3, -0.25) is 9.48 Å². The van der Waals surface area contributed by atoms with Crippen LogP contribution in [0.5, 0.6) is 0 Å². The van der Waals surface area contributed by atoms with E-state index in [9.17, 15) is 4.79 Å². The number of amides is 1. The van der Waals surface area contributed by atoms with E-state index in [1.165, 1.54) is 12.8 Å². The zero-order valence-corrected chi connectivity index (χ0v) is 11.7. The lowest BCUT2D eigenvalue weighted by atomic mass is 10.2. The Morgan fingerprint density at radius 3 is 3.11 bits per heavy atom. The third-order valence-corrected chi connectivity index (χ3v) is 3.59. The maximum atomic E-state index is 12.3. The number of carbonyl (C=O) groups is 1. The fraction of sp³-hybridized carbons (Fsp3) is 0.714. The smallest absolute Gasteiger partial charge is 0.244 e. The molecule has 106 valence electrons. The van der Waals surface area contributed by atoms with E-state index in [2.05, 4.69) is 17.3 Å². The van der Waals surface area contributed by atoms with Gasteiger partial charge in [0.25, 0.3) is 0 Å². The molecule has 0 aromatic carbocycles. The second kappa shape index (κ2) is 7.28. The van der Waals surface area contributed by atoms with Crippen molar-refractivity contribution in [1.82, 2.24) is 20.0 Å². The molecule has 19 heavy (non-hydrogen) atoms. The van der Waals surface area contributed by atoms with Gasteiger partial charge in [0.15, 0.2) is 0 Å². The minimum absolute atomic E-state index is 0.172. The number of nitrogens with one attached hydrogen (secondary N) is 1. The number of nitrogens with zero attached hydrogens (tertiary/aromatic N) is 3. The van der Waals surface area contributed by atoms with Crippen molar-refractivity contribution in [2.75, 3.05) is 19.6 Å². The molecular weight excluding hydrogens is 240 g/mol. The molecule has 1 saturated heterocycles. The van der Waals surface area contributed by atoms with Crippen LogP contribution in [0, 0.1) is 0 Å². The molecule has 1 aliphatic rings. The molecule has 0 bridgehead atoms. The van der Waals surface area contributed by atoms with E-state index in [1.54, 1.807) is 10.9 Å². The van der Waals surface area contributed by atoms with Crippen LogP contribution in [0.2, 0.25) is 0 Å². The zero-order chi connectivity index (χ0) is 13.5. The Hall–Kier alpha value is -1.36. The lowest BCUT2D eigenvalue weighted by molar-refractivity contribution is -0.132. The van der Waals surface area contributed by atoms with Gasteiger partial charge in [0.2, 0.25) is 5.91 Å². The Balaban J connectivity index is 1.88. The quantitative estimate of drug-likeness (QED) is 0.806. The third-order valence-electron chi connectivity index (χ3n) is 3.59. The summed E-state index contributed by atoms with van der Waals surface area (Å²) >= 11 is 0. The van der Waals surface area contributed by atoms with Crippen LogP contribution in [0.4, 0.5) is 0 Å². The van der Waals surface area contributed by atoms with Gasteiger partial charge in [-0.2, -0.15) is 5.10 Å². The van der Waals surface area contributed by atoms with E-state index in [1.807, 2.05) is 17.2 Å². The molecule has 1 fully saturated rings. The highest BCUT2D eigenvalue weighted by molar-refractivity contribution is 5.75. The van der Waals surface area contributed by atoms with Crippen LogP contribution in [-0.2, 0) is 11.3 Å². The van der Waals surface area contributed by atoms with Gasteiger partial charge in [-0.25, -0.2) is 0 Å². The van der Waals surface area contributed by atoms with Gasteiger partial charge in [-0.15, -0.1) is 0 Å². The van der Waals surface area contributed by atoms with E-state index in [0.29, 0.717) is 12.6 Å². The molecule has 0 saturated carbocycles. The fourth-order valence-corrected chi connectivity index (χ4v) is 2.48. The molecule has 0 spiro atoms. The van der Waals surface area contributed by atoms with Gasteiger partial charge in [0.1, 0.15) is 6.54 Å². The number of hydrogen-bond donors (Lipinski definition) is 1. The molecule has 2 heterocycles. The number of unbranched alkanes of at least 4 members (excludes halogenated alkanes) is 1. The van der Waals surface area contributed by atoms with Gasteiger partial charge in [-0.1, -0.05) is 13.3 Å². The van der Waals surface area contributed by atoms with Crippen molar-refractivity contribution in [2.24, 2.45) is 0 Å². The van der Waals surface area contributed by atoms with Crippen molar-refractivity contribution in [1.29, 1.82) is 0 Å². The van der Waals surface area contributed by atoms with Crippen LogP contribution < -0.4 is 5.32 Å². The standard InChI is InChI=1S/C14H24N4O/c1-2-3-9-17(11-13-6-4-7-15-13)14(19)12-18-10-5-8-16-18/h5,8,10,13,15H,2-4,6-7,9,11-12H2,1H3. The van der Waals surface area contributed by atoms with E-state index in [4.69, 9.17) is 0 Å². The molecular formula is C14H24N4O. The second-order valence-corrected chi connectivity index (χ2v) is 5.19. The van der Waals surface area contributed by atoms with E-state index in [0.717, 1.165) is 32.5 Å². The molecule has 1 aliphatic heterocycles. The Bertz CT molecular complexity index is 371. The Kier molecular flexibility index (Phi) is 5.39. The van der Waals surface area contributed by atoms with Crippen LogP contribution in [0.3, 0.4) is 0 Å². The number of carbonyl (C=O) groups excluding carboxylic acids is 1. The normalized spacial score (nSPS) is 18.7. The molecule has 1 aromatic heterocycles. The summed E-state index contributed by atoms with van der Waals surface area (Å²) in [5, 5.41) is 7.57. The molecule has 1 amide bonds. The van der Waals surface area contributed by atoms with Crippen LogP contribution in [-0.4, -0.2) is 46.3 Å². The average Bonchev–Trinajstić information content (AvgIpc) is 3.07. The van der Waals surface area contributed by atoms with Gasteiger partial charge in [-0.05, 0) is 31.9 Å². The van der Waals surface area contributed by atoms with E-state index in [-0.39, 0.29) is 5.91 Å². The molecule has 1 unspecified atom stereocenters. The zero-order valence-electron chi connectivity index (χ0n) is 11.7. The molecule has 0 radical (unpaired) electrons. The Morgan fingerprint density at radius 1 is 1.58 bits per heavy atom. The number of rotatable bonds is 7. The minimum Gasteiger partial charge on any atom is -0.340 e. The minimum atomic E-state index is 0.172. The first-order valence-electron chi connectivity index (χ1n) is 7.28. The van der Waals surface area contributed by atoms with Gasteiger partial charge in [0, 0.05) is 31.5 Å². The summed E-state index contributed by atoms with van der Waals surface area (Å²) in [5.74, 6) is 0.172. The summed E-state index contributed by atoms with van der Waals surface area (Å²) in [6.07, 6.45) is 8.13. The van der Waals surface area contributed by atoms with E-state index >= 15 is 0 Å². The summed E-state index contributed by atoms with van der Waals surface area (Å²) in [6, 6.07) is 2.32. The molecule has 0 aliphatic carbocycles. The lowest BCUT2D eigenvalue weighted by Gasteiger charge is -2.26. The molecule has 1 N–H and O–H groups in total. The van der Waals surface area contributed by atoms with Crippen molar-refractivity contribution >= 4 is 5.91 Å². The predicted molar refractivity (Wildman–Crippen MR) is 74.7 cm³/mol. The number of aromatic nitrogens is 2. The summed E-state index contributed by atoms with van der Waals surface area (Å²) in [5.41, 5.74) is 0. The Morgan fingerprint density at radius 2 is 2.47 bits per heavy atom. The number of hydrogen-bond acceptors (Lipinski definition) is 3. The second-order valence-electron chi connectivity index (χ2n) is 5.19. The molecule has 5 heteroatoms. The summed E-state index contributed by atoms with van der Waals surface area (Å²) < 4.78 is 1.70. The molecule has 1 atom stereocenters. The average molecular weight is 264 g/mol.